The van der Waals surface area contributed by atoms with Crippen molar-refractivity contribution in [2.24, 2.45) is 7.05 Å². The molecule has 1 amide bonds. The molecule has 4 aromatic rings. The molecule has 2 aromatic heterocycles. The van der Waals surface area contributed by atoms with Crippen LogP contribution in [-0.4, -0.2) is 37.3 Å². The maximum absolute atomic E-state index is 13.0. The molecule has 0 atom stereocenters. The van der Waals surface area contributed by atoms with Crippen LogP contribution in [0.2, 0.25) is 0 Å². The van der Waals surface area contributed by atoms with Gasteiger partial charge in [0.2, 0.25) is 5.91 Å². The lowest BCUT2D eigenvalue weighted by molar-refractivity contribution is -0.131. The number of nitrogens with zero attached hydrogens (tertiary/aromatic N) is 5. The Morgan fingerprint density at radius 3 is 2.72 bits per heavy atom. The van der Waals surface area contributed by atoms with Crippen molar-refractivity contribution in [3.05, 3.63) is 88.4 Å². The van der Waals surface area contributed by atoms with Crippen molar-refractivity contribution in [3.63, 3.8) is 0 Å². The van der Waals surface area contributed by atoms with E-state index in [0.29, 0.717) is 43.3 Å². The van der Waals surface area contributed by atoms with E-state index in [4.69, 9.17) is 4.52 Å². The number of carbonyl (C=O) groups is 1. The summed E-state index contributed by atoms with van der Waals surface area (Å²) in [6.45, 7) is 3.22. The third kappa shape index (κ3) is 4.06. The summed E-state index contributed by atoms with van der Waals surface area (Å²) in [5, 5.41) is 8.80. The van der Waals surface area contributed by atoms with Gasteiger partial charge in [-0.2, -0.15) is 10.1 Å². The molecule has 7 heteroatoms. The molecule has 1 aliphatic rings. The fourth-order valence-corrected chi connectivity index (χ4v) is 4.29. The van der Waals surface area contributed by atoms with E-state index in [0.717, 1.165) is 34.4 Å². The van der Waals surface area contributed by atoms with Crippen LogP contribution in [0.15, 0.2) is 59.1 Å². The minimum Gasteiger partial charge on any atom is -0.338 e. The van der Waals surface area contributed by atoms with Crippen molar-refractivity contribution in [2.75, 3.05) is 6.54 Å². The van der Waals surface area contributed by atoms with Crippen LogP contribution in [0.25, 0.3) is 11.6 Å². The van der Waals surface area contributed by atoms with E-state index in [-0.39, 0.29) is 5.91 Å². The molecule has 1 aliphatic heterocycles. The molecular weight excluding hydrogens is 402 g/mol. The predicted molar refractivity (Wildman–Crippen MR) is 120 cm³/mol. The second-order valence-electron chi connectivity index (χ2n) is 8.31. The number of carbonyl (C=O) groups excluding carboxylic acids is 1. The fraction of sp³-hybridized carbons (Fsp3) is 0.280. The van der Waals surface area contributed by atoms with Gasteiger partial charge in [-0.25, -0.2) is 0 Å². The zero-order valence-corrected chi connectivity index (χ0v) is 18.3. The molecule has 0 radical (unpaired) electrons. The largest absolute Gasteiger partial charge is 0.338 e. The predicted octanol–water partition coefficient (Wildman–Crippen LogP) is 3.50. The van der Waals surface area contributed by atoms with Gasteiger partial charge in [0.05, 0.1) is 6.42 Å². The SMILES string of the molecule is Cc1cccc(CC(=O)N2CCc3c(c(-c4nc(Cc5ccccc5)no4)nn3C)C2)c1. The van der Waals surface area contributed by atoms with E-state index in [1.54, 1.807) is 0 Å². The maximum Gasteiger partial charge on any atom is 0.278 e. The van der Waals surface area contributed by atoms with Gasteiger partial charge in [-0.05, 0) is 18.1 Å². The first-order valence-electron chi connectivity index (χ1n) is 10.8. The van der Waals surface area contributed by atoms with Crippen LogP contribution in [0, 0.1) is 6.92 Å². The minimum absolute atomic E-state index is 0.117. The van der Waals surface area contributed by atoms with Crippen LogP contribution in [0.4, 0.5) is 0 Å². The summed E-state index contributed by atoms with van der Waals surface area (Å²) in [4.78, 5) is 19.5. The van der Waals surface area contributed by atoms with Gasteiger partial charge in [0, 0.05) is 44.2 Å². The second kappa shape index (κ2) is 8.42. The van der Waals surface area contributed by atoms with Gasteiger partial charge >= 0.3 is 0 Å². The Kier molecular flexibility index (Phi) is 5.31. The van der Waals surface area contributed by atoms with Crippen LogP contribution < -0.4 is 0 Å². The number of aromatic nitrogens is 4. The lowest BCUT2D eigenvalue weighted by atomic mass is 10.0. The molecule has 162 valence electrons. The highest BCUT2D eigenvalue weighted by molar-refractivity contribution is 5.79. The van der Waals surface area contributed by atoms with Crippen LogP contribution in [0.1, 0.15) is 33.8 Å². The number of amides is 1. The van der Waals surface area contributed by atoms with Crippen LogP contribution in [0.5, 0.6) is 0 Å². The first-order valence-corrected chi connectivity index (χ1v) is 10.8. The first-order chi connectivity index (χ1) is 15.6. The zero-order valence-electron chi connectivity index (χ0n) is 18.3. The van der Waals surface area contributed by atoms with Gasteiger partial charge < -0.3 is 9.42 Å². The molecule has 5 rings (SSSR count). The molecule has 0 saturated carbocycles. The lowest BCUT2D eigenvalue weighted by Gasteiger charge is -2.27. The second-order valence-corrected chi connectivity index (χ2v) is 8.31. The van der Waals surface area contributed by atoms with Gasteiger partial charge in [0.25, 0.3) is 5.89 Å². The molecule has 0 unspecified atom stereocenters. The molecular formula is C25H25N5O2. The van der Waals surface area contributed by atoms with E-state index in [2.05, 4.69) is 21.3 Å². The van der Waals surface area contributed by atoms with Gasteiger partial charge in [-0.3, -0.25) is 9.48 Å². The normalized spacial score (nSPS) is 13.2. The average molecular weight is 428 g/mol. The molecule has 0 N–H and O–H groups in total. The van der Waals surface area contributed by atoms with Gasteiger partial charge in [0.1, 0.15) is 0 Å². The Bertz CT molecular complexity index is 1260. The van der Waals surface area contributed by atoms with Gasteiger partial charge in [-0.1, -0.05) is 65.3 Å². The summed E-state index contributed by atoms with van der Waals surface area (Å²) in [7, 11) is 1.92. The molecule has 0 saturated heterocycles. The van der Waals surface area contributed by atoms with E-state index < -0.39 is 0 Å². The number of rotatable bonds is 5. The summed E-state index contributed by atoms with van der Waals surface area (Å²) < 4.78 is 7.44. The third-order valence-corrected chi connectivity index (χ3v) is 5.91. The van der Waals surface area contributed by atoms with Crippen LogP contribution >= 0.6 is 0 Å². The Morgan fingerprint density at radius 2 is 1.91 bits per heavy atom. The monoisotopic (exact) mass is 427 g/mol. The third-order valence-electron chi connectivity index (χ3n) is 5.91. The van der Waals surface area contributed by atoms with Crippen molar-refractivity contribution in [1.29, 1.82) is 0 Å². The number of benzene rings is 2. The molecule has 0 fully saturated rings. The number of hydrogen-bond acceptors (Lipinski definition) is 5. The molecule has 32 heavy (non-hydrogen) atoms. The Morgan fingerprint density at radius 1 is 1.09 bits per heavy atom. The summed E-state index contributed by atoms with van der Waals surface area (Å²) in [6, 6.07) is 18.2. The Hall–Kier alpha value is -3.74. The van der Waals surface area contributed by atoms with Crippen molar-refractivity contribution in [3.8, 4) is 11.6 Å². The van der Waals surface area contributed by atoms with E-state index in [1.807, 2.05) is 72.1 Å². The zero-order chi connectivity index (χ0) is 22.1. The highest BCUT2D eigenvalue weighted by Crippen LogP contribution is 2.29. The molecule has 0 spiro atoms. The first kappa shape index (κ1) is 20.2. The molecule has 3 heterocycles. The van der Waals surface area contributed by atoms with Crippen molar-refractivity contribution in [1.82, 2.24) is 24.8 Å². The van der Waals surface area contributed by atoms with Gasteiger partial charge in [0.15, 0.2) is 11.5 Å². The summed E-state index contributed by atoms with van der Waals surface area (Å²) in [5.41, 5.74) is 6.09. The Balaban J connectivity index is 1.36. The van der Waals surface area contributed by atoms with Crippen molar-refractivity contribution >= 4 is 5.91 Å². The fourth-order valence-electron chi connectivity index (χ4n) is 4.29. The topological polar surface area (TPSA) is 77.1 Å². The highest BCUT2D eigenvalue weighted by Gasteiger charge is 2.29. The van der Waals surface area contributed by atoms with Crippen molar-refractivity contribution in [2.45, 2.75) is 32.7 Å². The van der Waals surface area contributed by atoms with Crippen LogP contribution in [-0.2, 0) is 37.6 Å². The number of fused-ring (bicyclic) bond motifs is 1. The molecule has 2 aromatic carbocycles. The van der Waals surface area contributed by atoms with E-state index >= 15 is 0 Å². The quantitative estimate of drug-likeness (QED) is 0.487. The average Bonchev–Trinajstić information content (AvgIpc) is 3.38. The highest BCUT2D eigenvalue weighted by atomic mass is 16.5. The number of hydrogen-bond donors (Lipinski definition) is 0. The molecule has 7 nitrogen and oxygen atoms in total. The summed E-state index contributed by atoms with van der Waals surface area (Å²) in [6.07, 6.45) is 1.75. The Labute approximate surface area is 186 Å². The van der Waals surface area contributed by atoms with Gasteiger partial charge in [-0.15, -0.1) is 0 Å². The number of aryl methyl sites for hydroxylation is 2. The summed E-state index contributed by atoms with van der Waals surface area (Å²) in [5.74, 6) is 1.14. The van der Waals surface area contributed by atoms with Crippen LogP contribution in [0.3, 0.4) is 0 Å². The smallest absolute Gasteiger partial charge is 0.278 e. The summed E-state index contributed by atoms with van der Waals surface area (Å²) >= 11 is 0. The van der Waals surface area contributed by atoms with Crippen molar-refractivity contribution < 1.29 is 9.32 Å². The maximum atomic E-state index is 13.0. The standard InChI is InChI=1S/C25H25N5O2/c1-17-7-6-10-19(13-17)15-23(31)30-12-11-21-20(16-30)24(27-29(21)2)25-26-22(28-32-25)14-18-8-4-3-5-9-18/h3-10,13H,11-12,14-16H2,1-2H3. The van der Waals surface area contributed by atoms with E-state index in [9.17, 15) is 4.79 Å². The minimum atomic E-state index is 0.117. The molecule has 0 bridgehead atoms. The molecule has 0 aliphatic carbocycles. The lowest BCUT2D eigenvalue weighted by Crippen LogP contribution is -2.37. The van der Waals surface area contributed by atoms with E-state index in [1.165, 1.54) is 0 Å².